The first-order valence-corrected chi connectivity index (χ1v) is 21.4. The molecule has 6 nitrogen and oxygen atoms in total. The Bertz CT molecular complexity index is 802. The second-order valence-electron chi connectivity index (χ2n) is 13.6. The molecule has 0 unspecified atom stereocenters. The zero-order valence-corrected chi connectivity index (χ0v) is 32.2. The fraction of sp³-hybridized carbons (Fsp3) is 0.875. The van der Waals surface area contributed by atoms with Crippen LogP contribution in [0.2, 0.25) is 0 Å². The molecule has 0 aromatic carbocycles. The summed E-state index contributed by atoms with van der Waals surface area (Å²) in [6.45, 7) is 8.26. The molecule has 0 aromatic heterocycles. The molecule has 0 atom stereocenters. The summed E-state index contributed by atoms with van der Waals surface area (Å²) in [7, 11) is -3.60. The highest BCUT2D eigenvalue weighted by molar-refractivity contribution is 7.80. The Morgan fingerprint density at radius 3 is 1.32 bits per heavy atom. The van der Waals surface area contributed by atoms with Gasteiger partial charge in [0.15, 0.2) is 0 Å². The van der Waals surface area contributed by atoms with Crippen LogP contribution in [0.4, 0.5) is 0 Å². The maximum Gasteiger partial charge on any atom is 0.244 e. The molecule has 0 spiro atoms. The van der Waals surface area contributed by atoms with Crippen molar-refractivity contribution in [3.05, 3.63) is 24.3 Å². The molecule has 0 fully saturated rings. The predicted molar refractivity (Wildman–Crippen MR) is 203 cm³/mol. The quantitative estimate of drug-likeness (QED) is 0.0245. The highest BCUT2D eigenvalue weighted by Gasteiger charge is 2.19. The predicted octanol–water partition coefficient (Wildman–Crippen LogP) is 11.6. The highest BCUT2D eigenvalue weighted by atomic mass is 32.3. The van der Waals surface area contributed by atoms with Crippen LogP contribution < -0.4 is 5.32 Å². The van der Waals surface area contributed by atoms with E-state index in [1.165, 1.54) is 199 Å². The van der Waals surface area contributed by atoms with Crippen molar-refractivity contribution >= 4 is 16.2 Å². The van der Waals surface area contributed by atoms with E-state index in [0.717, 1.165) is 13.7 Å². The van der Waals surface area contributed by atoms with Crippen molar-refractivity contribution in [2.45, 2.75) is 200 Å². The number of amidine groups is 1. The molecule has 1 aliphatic rings. The lowest BCUT2D eigenvalue weighted by Crippen LogP contribution is -2.23. The van der Waals surface area contributed by atoms with Gasteiger partial charge in [-0.1, -0.05) is 147 Å². The molecule has 0 radical (unpaired) electrons. The highest BCUT2D eigenvalue weighted by Crippen LogP contribution is 2.13. The molecule has 1 heterocycles. The van der Waals surface area contributed by atoms with Crippen LogP contribution in [0.3, 0.4) is 0 Å². The summed E-state index contributed by atoms with van der Waals surface area (Å²) in [5, 5.41) is 3.69. The van der Waals surface area contributed by atoms with Crippen LogP contribution in [0.5, 0.6) is 0 Å². The summed E-state index contributed by atoms with van der Waals surface area (Å²) in [6, 6.07) is 0. The van der Waals surface area contributed by atoms with Crippen LogP contribution in [-0.2, 0) is 14.6 Å². The SMILES string of the molecule is CCCCCCCC/C=C\CCCCCCCCC1=[N+](CCCCCCCC/C=C\CCCCCCCC)CCN1.COS(=O)(=O)[O-]. The zero-order chi connectivity index (χ0) is 34.5. The maximum atomic E-state index is 9.22. The van der Waals surface area contributed by atoms with Gasteiger partial charge in [-0.3, -0.25) is 14.1 Å². The van der Waals surface area contributed by atoms with E-state index in [0.29, 0.717) is 0 Å². The van der Waals surface area contributed by atoms with Crippen molar-refractivity contribution in [1.29, 1.82) is 0 Å². The van der Waals surface area contributed by atoms with Gasteiger partial charge in [0, 0.05) is 6.42 Å². The first kappa shape index (κ1) is 45.8. The van der Waals surface area contributed by atoms with Gasteiger partial charge >= 0.3 is 0 Å². The second-order valence-corrected chi connectivity index (χ2v) is 14.7. The van der Waals surface area contributed by atoms with Crippen LogP contribution >= 0.6 is 0 Å². The molecule has 7 heteroatoms. The largest absolute Gasteiger partial charge is 0.726 e. The fourth-order valence-electron chi connectivity index (χ4n) is 6.17. The van der Waals surface area contributed by atoms with Crippen molar-refractivity contribution in [3.8, 4) is 0 Å². The molecule has 0 saturated carbocycles. The molecule has 1 rings (SSSR count). The van der Waals surface area contributed by atoms with E-state index in [1.54, 1.807) is 5.84 Å². The number of hydrogen-bond donors (Lipinski definition) is 1. The number of nitrogens with zero attached hydrogens (tertiary/aromatic N) is 1. The van der Waals surface area contributed by atoms with Crippen LogP contribution in [-0.4, -0.2) is 50.1 Å². The average Bonchev–Trinajstić information content (AvgIpc) is 3.51. The summed E-state index contributed by atoms with van der Waals surface area (Å²) in [6.07, 6.45) is 50.0. The standard InChI is InChI=1S/C39H74N2.CH4O4S/c1-3-5-7-9-11-13-15-17-19-21-23-25-27-29-31-33-35-39-40-36-38-41(39)37-34-32-30-28-26-24-22-20-18-16-14-12-10-8-6-4-2;1-5-6(2,3)4/h17-20H,3-16,21-38H2,1-2H3;1H3,(H,2,3,4)/b19-17-,20-18-;. The first-order chi connectivity index (χ1) is 22.9. The molecule has 1 N–H and O–H groups in total. The smallest absolute Gasteiger partial charge is 0.244 e. The number of unbranched alkanes of at least 4 members (excludes halogenated alkanes) is 24. The Balaban J connectivity index is 0.00000320. The molecule has 0 amide bonds. The minimum atomic E-state index is -4.41. The van der Waals surface area contributed by atoms with Gasteiger partial charge in [-0.2, -0.15) is 0 Å². The Morgan fingerprint density at radius 1 is 0.596 bits per heavy atom. The van der Waals surface area contributed by atoms with Gasteiger partial charge in [0.05, 0.1) is 13.7 Å². The summed E-state index contributed by atoms with van der Waals surface area (Å²) < 4.78 is 33.7. The van der Waals surface area contributed by atoms with E-state index in [4.69, 9.17) is 0 Å². The van der Waals surface area contributed by atoms with Crippen LogP contribution in [0, 0.1) is 0 Å². The Labute approximate surface area is 293 Å². The topological polar surface area (TPSA) is 81.5 Å². The Hall–Kier alpha value is -1.18. The van der Waals surface area contributed by atoms with Crippen LogP contribution in [0.15, 0.2) is 24.3 Å². The number of nitrogens with one attached hydrogen (secondary N) is 1. The van der Waals surface area contributed by atoms with Gasteiger partial charge in [0.25, 0.3) is 0 Å². The summed E-state index contributed by atoms with van der Waals surface area (Å²) in [5.41, 5.74) is 0. The molecule has 0 aromatic rings. The van der Waals surface area contributed by atoms with Crippen molar-refractivity contribution in [3.63, 3.8) is 0 Å². The monoisotopic (exact) mass is 683 g/mol. The lowest BCUT2D eigenvalue weighted by atomic mass is 10.1. The molecule has 0 aliphatic carbocycles. The molecule has 278 valence electrons. The van der Waals surface area contributed by atoms with Crippen LogP contribution in [0.1, 0.15) is 200 Å². The molecule has 0 saturated heterocycles. The van der Waals surface area contributed by atoms with E-state index >= 15 is 0 Å². The van der Waals surface area contributed by atoms with E-state index in [2.05, 4.69) is 52.2 Å². The molecular formula is C40H78N2O4S. The Morgan fingerprint density at radius 2 is 0.936 bits per heavy atom. The zero-order valence-electron chi connectivity index (χ0n) is 31.4. The first-order valence-electron chi connectivity index (χ1n) is 20.1. The number of allylic oxidation sites excluding steroid dienone is 4. The van der Waals surface area contributed by atoms with Gasteiger partial charge in [-0.15, -0.1) is 0 Å². The lowest BCUT2D eigenvalue weighted by molar-refractivity contribution is -0.519. The van der Waals surface area contributed by atoms with Crippen molar-refractivity contribution in [2.75, 3.05) is 26.7 Å². The minimum absolute atomic E-state index is 0.808. The third-order valence-corrected chi connectivity index (χ3v) is 9.57. The lowest BCUT2D eigenvalue weighted by Gasteiger charge is -2.05. The van der Waals surface area contributed by atoms with Crippen molar-refractivity contribution in [2.24, 2.45) is 0 Å². The molecule has 0 bridgehead atoms. The van der Waals surface area contributed by atoms with Gasteiger partial charge < -0.3 is 4.55 Å². The number of rotatable bonds is 33. The normalized spacial score (nSPS) is 13.5. The van der Waals surface area contributed by atoms with Crippen LogP contribution in [0.25, 0.3) is 0 Å². The van der Waals surface area contributed by atoms with Gasteiger partial charge in [-0.25, -0.2) is 8.42 Å². The van der Waals surface area contributed by atoms with Crippen molar-refractivity contribution in [1.82, 2.24) is 5.32 Å². The van der Waals surface area contributed by atoms with E-state index < -0.39 is 10.4 Å². The summed E-state index contributed by atoms with van der Waals surface area (Å²) in [4.78, 5) is 0. The van der Waals surface area contributed by atoms with Gasteiger partial charge in [0.1, 0.15) is 13.1 Å². The fourth-order valence-corrected chi connectivity index (χ4v) is 6.17. The van der Waals surface area contributed by atoms with E-state index in [1.807, 2.05) is 0 Å². The third kappa shape index (κ3) is 35.9. The molecule has 1 aliphatic heterocycles. The van der Waals surface area contributed by atoms with E-state index in [-0.39, 0.29) is 0 Å². The minimum Gasteiger partial charge on any atom is -0.726 e. The Kier molecular flexibility index (Phi) is 35.2. The van der Waals surface area contributed by atoms with E-state index in [9.17, 15) is 13.0 Å². The second kappa shape index (κ2) is 36.1. The van der Waals surface area contributed by atoms with Gasteiger partial charge in [-0.05, 0) is 70.6 Å². The maximum absolute atomic E-state index is 9.22. The number of hydrogen-bond acceptors (Lipinski definition) is 5. The summed E-state index contributed by atoms with van der Waals surface area (Å²) in [5.74, 6) is 1.55. The van der Waals surface area contributed by atoms with Crippen molar-refractivity contribution < 1.29 is 21.7 Å². The third-order valence-electron chi connectivity index (χ3n) is 9.16. The van der Waals surface area contributed by atoms with Gasteiger partial charge in [0.2, 0.25) is 16.2 Å². The summed E-state index contributed by atoms with van der Waals surface area (Å²) >= 11 is 0. The average molecular weight is 683 g/mol. The molecular weight excluding hydrogens is 605 g/mol. The molecule has 47 heavy (non-hydrogen) atoms.